The van der Waals surface area contributed by atoms with Crippen molar-refractivity contribution in [3.8, 4) is 17.1 Å². The zero-order valence-electron chi connectivity index (χ0n) is 19.0. The van der Waals surface area contributed by atoms with E-state index in [-0.39, 0.29) is 17.6 Å². The average molecular weight is 472 g/mol. The van der Waals surface area contributed by atoms with Gasteiger partial charge in [-0.1, -0.05) is 30.3 Å². The quantitative estimate of drug-likeness (QED) is 0.316. The molecule has 9 nitrogen and oxygen atoms in total. The Morgan fingerprint density at radius 3 is 2.46 bits per heavy atom. The molecular formula is C26H25N5O4. The van der Waals surface area contributed by atoms with Crippen molar-refractivity contribution in [1.29, 1.82) is 0 Å². The molecule has 1 amide bonds. The van der Waals surface area contributed by atoms with Crippen LogP contribution in [-0.4, -0.2) is 44.6 Å². The van der Waals surface area contributed by atoms with Gasteiger partial charge in [-0.25, -0.2) is 4.68 Å². The predicted octanol–water partition coefficient (Wildman–Crippen LogP) is 4.43. The Bertz CT molecular complexity index is 1290. The number of carbonyl (C=O) groups excluding carboxylic acids is 1. The van der Waals surface area contributed by atoms with Crippen molar-refractivity contribution in [3.05, 3.63) is 100 Å². The van der Waals surface area contributed by atoms with E-state index < -0.39 is 4.92 Å². The van der Waals surface area contributed by atoms with Crippen LogP contribution in [-0.2, 0) is 6.54 Å². The second kappa shape index (κ2) is 9.94. The lowest BCUT2D eigenvalue weighted by Crippen LogP contribution is -2.44. The molecule has 2 aromatic heterocycles. The van der Waals surface area contributed by atoms with Crippen LogP contribution < -0.4 is 5.32 Å². The molecule has 0 radical (unpaired) electrons. The third kappa shape index (κ3) is 5.15. The van der Waals surface area contributed by atoms with E-state index in [0.717, 1.165) is 32.5 Å². The van der Waals surface area contributed by atoms with Crippen LogP contribution in [0, 0.1) is 10.1 Å². The number of piperidine rings is 1. The number of nitro groups is 1. The smallest absolute Gasteiger partial charge is 0.270 e. The number of amides is 1. The highest BCUT2D eigenvalue weighted by Gasteiger charge is 2.24. The number of nitrogens with one attached hydrogen (secondary N) is 1. The van der Waals surface area contributed by atoms with Crippen LogP contribution in [0.3, 0.4) is 0 Å². The molecule has 1 N–H and O–H groups in total. The molecule has 1 aliphatic rings. The zero-order chi connectivity index (χ0) is 24.2. The molecule has 35 heavy (non-hydrogen) atoms. The summed E-state index contributed by atoms with van der Waals surface area (Å²) >= 11 is 0. The van der Waals surface area contributed by atoms with Crippen molar-refractivity contribution in [1.82, 2.24) is 20.0 Å². The largest absolute Gasteiger partial charge is 0.463 e. The van der Waals surface area contributed by atoms with E-state index in [1.165, 1.54) is 22.4 Å². The van der Waals surface area contributed by atoms with E-state index in [1.807, 2.05) is 18.2 Å². The van der Waals surface area contributed by atoms with Crippen molar-refractivity contribution >= 4 is 11.6 Å². The molecular weight excluding hydrogens is 446 g/mol. The summed E-state index contributed by atoms with van der Waals surface area (Å²) in [6, 6.07) is 21.6. The minimum Gasteiger partial charge on any atom is -0.463 e. The standard InChI is InChI=1S/C26H25N5O4/c32-26(27-20-12-14-29(15-13-20)18-19-5-2-1-3-6-19)24-17-23(25-7-4-16-35-25)28-30(24)21-8-10-22(11-9-21)31(33)34/h1-11,16-17,20H,12-15,18H2,(H,27,32). The summed E-state index contributed by atoms with van der Waals surface area (Å²) in [6.45, 7) is 2.71. The number of aromatic nitrogens is 2. The number of carbonyl (C=O) groups is 1. The molecule has 1 saturated heterocycles. The normalized spacial score (nSPS) is 14.6. The summed E-state index contributed by atoms with van der Waals surface area (Å²) in [5.74, 6) is 0.295. The maximum absolute atomic E-state index is 13.3. The minimum atomic E-state index is -0.459. The molecule has 1 aliphatic heterocycles. The Morgan fingerprint density at radius 1 is 1.06 bits per heavy atom. The molecule has 1 fully saturated rings. The summed E-state index contributed by atoms with van der Waals surface area (Å²) in [5.41, 5.74) is 2.66. The molecule has 9 heteroatoms. The molecule has 0 saturated carbocycles. The molecule has 0 aliphatic carbocycles. The third-order valence-electron chi connectivity index (χ3n) is 6.19. The number of furan rings is 1. The highest BCUT2D eigenvalue weighted by molar-refractivity contribution is 5.94. The summed E-state index contributed by atoms with van der Waals surface area (Å²) in [6.07, 6.45) is 3.26. The molecule has 2 aromatic carbocycles. The Hall–Kier alpha value is -4.24. The SMILES string of the molecule is O=C(NC1CCN(Cc2ccccc2)CC1)c1cc(-c2ccco2)nn1-c1ccc([N+](=O)[O-])cc1. The fraction of sp³-hybridized carbons (Fsp3) is 0.231. The van der Waals surface area contributed by atoms with E-state index in [0.29, 0.717) is 22.8 Å². The first-order chi connectivity index (χ1) is 17.1. The first kappa shape index (κ1) is 22.5. The Labute approximate surface area is 202 Å². The van der Waals surface area contributed by atoms with Gasteiger partial charge in [0.25, 0.3) is 11.6 Å². The van der Waals surface area contributed by atoms with Gasteiger partial charge in [-0.3, -0.25) is 19.8 Å². The van der Waals surface area contributed by atoms with Gasteiger partial charge >= 0.3 is 0 Å². The maximum Gasteiger partial charge on any atom is 0.270 e. The fourth-order valence-electron chi connectivity index (χ4n) is 4.34. The van der Waals surface area contributed by atoms with Gasteiger partial charge in [-0.15, -0.1) is 0 Å². The van der Waals surface area contributed by atoms with Crippen molar-refractivity contribution < 1.29 is 14.1 Å². The summed E-state index contributed by atoms with van der Waals surface area (Å²) in [5, 5.41) is 18.7. The van der Waals surface area contributed by atoms with Crippen LogP contribution in [0.15, 0.2) is 83.5 Å². The van der Waals surface area contributed by atoms with E-state index in [1.54, 1.807) is 36.6 Å². The van der Waals surface area contributed by atoms with Crippen LogP contribution in [0.2, 0.25) is 0 Å². The average Bonchev–Trinajstić information content (AvgIpc) is 3.56. The van der Waals surface area contributed by atoms with Crippen molar-refractivity contribution in [2.75, 3.05) is 13.1 Å². The van der Waals surface area contributed by atoms with Gasteiger partial charge < -0.3 is 9.73 Å². The van der Waals surface area contributed by atoms with Crippen LogP contribution in [0.5, 0.6) is 0 Å². The van der Waals surface area contributed by atoms with Crippen LogP contribution >= 0.6 is 0 Å². The topological polar surface area (TPSA) is 106 Å². The molecule has 5 rings (SSSR count). The fourth-order valence-corrected chi connectivity index (χ4v) is 4.34. The van der Waals surface area contributed by atoms with E-state index >= 15 is 0 Å². The molecule has 178 valence electrons. The van der Waals surface area contributed by atoms with Crippen molar-refractivity contribution in [3.63, 3.8) is 0 Å². The number of nitrogens with zero attached hydrogens (tertiary/aromatic N) is 4. The lowest BCUT2D eigenvalue weighted by molar-refractivity contribution is -0.384. The number of nitro benzene ring substituents is 1. The van der Waals surface area contributed by atoms with Gasteiger partial charge in [0.15, 0.2) is 5.76 Å². The lowest BCUT2D eigenvalue weighted by Gasteiger charge is -2.32. The molecule has 0 spiro atoms. The van der Waals surface area contributed by atoms with E-state index in [9.17, 15) is 14.9 Å². The highest BCUT2D eigenvalue weighted by atomic mass is 16.6. The van der Waals surface area contributed by atoms with Crippen LogP contribution in [0.25, 0.3) is 17.1 Å². The summed E-state index contributed by atoms with van der Waals surface area (Å²) < 4.78 is 6.96. The lowest BCUT2D eigenvalue weighted by atomic mass is 10.0. The van der Waals surface area contributed by atoms with Gasteiger partial charge in [0.2, 0.25) is 0 Å². The predicted molar refractivity (Wildman–Crippen MR) is 130 cm³/mol. The zero-order valence-corrected chi connectivity index (χ0v) is 19.0. The van der Waals surface area contributed by atoms with Gasteiger partial charge in [0.1, 0.15) is 11.4 Å². The summed E-state index contributed by atoms with van der Waals surface area (Å²) in [4.78, 5) is 26.3. The summed E-state index contributed by atoms with van der Waals surface area (Å²) in [7, 11) is 0. The van der Waals surface area contributed by atoms with Gasteiger partial charge in [0, 0.05) is 43.9 Å². The number of rotatable bonds is 7. The molecule has 0 bridgehead atoms. The number of non-ortho nitro benzene ring substituents is 1. The number of benzene rings is 2. The van der Waals surface area contributed by atoms with E-state index in [4.69, 9.17) is 4.42 Å². The highest BCUT2D eigenvalue weighted by Crippen LogP contribution is 2.24. The molecule has 4 aromatic rings. The first-order valence-corrected chi connectivity index (χ1v) is 11.5. The number of likely N-dealkylation sites (tertiary alicyclic amines) is 1. The second-order valence-corrected chi connectivity index (χ2v) is 8.59. The number of hydrogen-bond acceptors (Lipinski definition) is 6. The van der Waals surface area contributed by atoms with Crippen molar-refractivity contribution in [2.24, 2.45) is 0 Å². The Kier molecular flexibility index (Phi) is 6.40. The minimum absolute atomic E-state index is 0.0274. The third-order valence-corrected chi connectivity index (χ3v) is 6.19. The Morgan fingerprint density at radius 2 is 1.80 bits per heavy atom. The van der Waals surface area contributed by atoms with Crippen molar-refractivity contribution in [2.45, 2.75) is 25.4 Å². The first-order valence-electron chi connectivity index (χ1n) is 11.5. The second-order valence-electron chi connectivity index (χ2n) is 8.59. The molecule has 0 atom stereocenters. The Balaban J connectivity index is 1.31. The van der Waals surface area contributed by atoms with E-state index in [2.05, 4.69) is 27.4 Å². The van der Waals surface area contributed by atoms with Gasteiger partial charge in [-0.05, 0) is 42.7 Å². The molecule has 3 heterocycles. The van der Waals surface area contributed by atoms with Gasteiger partial charge in [0.05, 0.1) is 16.9 Å². The van der Waals surface area contributed by atoms with Crippen LogP contribution in [0.4, 0.5) is 5.69 Å². The number of hydrogen-bond donors (Lipinski definition) is 1. The van der Waals surface area contributed by atoms with Gasteiger partial charge in [-0.2, -0.15) is 5.10 Å². The maximum atomic E-state index is 13.3. The monoisotopic (exact) mass is 471 g/mol. The molecule has 0 unspecified atom stereocenters. The van der Waals surface area contributed by atoms with Crippen LogP contribution in [0.1, 0.15) is 28.9 Å².